The molecule has 4 aromatic rings. The molecule has 0 atom stereocenters. The predicted molar refractivity (Wildman–Crippen MR) is 126 cm³/mol. The summed E-state index contributed by atoms with van der Waals surface area (Å²) in [7, 11) is -3.59. The third-order valence-electron chi connectivity index (χ3n) is 5.10. The van der Waals surface area contributed by atoms with Crippen LogP contribution in [0.4, 0.5) is 5.69 Å². The molecule has 7 nitrogen and oxygen atoms in total. The molecule has 1 aromatic heterocycles. The minimum absolute atomic E-state index is 0.127. The summed E-state index contributed by atoms with van der Waals surface area (Å²) in [5, 5.41) is 2.72. The van der Waals surface area contributed by atoms with Crippen LogP contribution < -0.4 is 10.0 Å². The number of aryl methyl sites for hydroxylation is 1. The molecule has 0 aliphatic carbocycles. The van der Waals surface area contributed by atoms with E-state index in [0.717, 1.165) is 22.2 Å². The van der Waals surface area contributed by atoms with Crippen LogP contribution in [0.3, 0.4) is 0 Å². The highest BCUT2D eigenvalue weighted by Gasteiger charge is 2.13. The third kappa shape index (κ3) is 5.04. The topological polar surface area (TPSA) is 93.1 Å². The van der Waals surface area contributed by atoms with Gasteiger partial charge in [0.05, 0.1) is 22.3 Å². The minimum Gasteiger partial charge on any atom is -0.331 e. The van der Waals surface area contributed by atoms with Crippen LogP contribution in [0.5, 0.6) is 0 Å². The maximum Gasteiger partial charge on any atom is 0.240 e. The molecule has 0 aliphatic heterocycles. The normalized spacial score (nSPS) is 11.5. The van der Waals surface area contributed by atoms with Gasteiger partial charge >= 0.3 is 0 Å². The number of carbonyl (C=O) groups excluding carboxylic acids is 1. The number of imidazole rings is 1. The summed E-state index contributed by atoms with van der Waals surface area (Å²) in [5.74, 6) is -0.127. The number of amides is 1. The van der Waals surface area contributed by atoms with E-state index in [1.54, 1.807) is 30.6 Å². The van der Waals surface area contributed by atoms with Crippen LogP contribution in [-0.2, 0) is 21.4 Å². The van der Waals surface area contributed by atoms with Crippen LogP contribution in [0.1, 0.15) is 13.3 Å². The molecule has 4 rings (SSSR count). The Bertz CT molecular complexity index is 1330. The van der Waals surface area contributed by atoms with Gasteiger partial charge in [0.2, 0.25) is 15.9 Å². The second-order valence-electron chi connectivity index (χ2n) is 7.46. The molecule has 0 spiro atoms. The van der Waals surface area contributed by atoms with E-state index < -0.39 is 10.0 Å². The van der Waals surface area contributed by atoms with E-state index in [2.05, 4.69) is 15.0 Å². The van der Waals surface area contributed by atoms with Crippen LogP contribution in [0.15, 0.2) is 84.0 Å². The fraction of sp³-hybridized carbons (Fsp3) is 0.167. The van der Waals surface area contributed by atoms with Crippen molar-refractivity contribution in [2.45, 2.75) is 24.8 Å². The van der Waals surface area contributed by atoms with Gasteiger partial charge in [-0.05, 0) is 53.9 Å². The number of rotatable bonds is 8. The Labute approximate surface area is 187 Å². The molecule has 1 amide bonds. The van der Waals surface area contributed by atoms with Gasteiger partial charge in [-0.1, -0.05) is 36.4 Å². The maximum atomic E-state index is 12.6. The quantitative estimate of drug-likeness (QED) is 0.398. The van der Waals surface area contributed by atoms with Crippen molar-refractivity contribution in [3.8, 4) is 11.1 Å². The Morgan fingerprint density at radius 2 is 1.59 bits per heavy atom. The van der Waals surface area contributed by atoms with Crippen LogP contribution in [0.2, 0.25) is 0 Å². The summed E-state index contributed by atoms with van der Waals surface area (Å²) in [6.45, 7) is 2.47. The van der Waals surface area contributed by atoms with Crippen molar-refractivity contribution in [3.05, 3.63) is 79.1 Å². The summed E-state index contributed by atoms with van der Waals surface area (Å²) in [4.78, 5) is 15.7. The van der Waals surface area contributed by atoms with Gasteiger partial charge in [-0.3, -0.25) is 4.79 Å². The van der Waals surface area contributed by atoms with Crippen LogP contribution >= 0.6 is 0 Å². The molecule has 0 radical (unpaired) electrons. The number of nitrogens with zero attached hydrogens (tertiary/aromatic N) is 2. The van der Waals surface area contributed by atoms with E-state index in [1.165, 1.54) is 6.92 Å². The molecule has 2 N–H and O–H groups in total. The molecule has 1 heterocycles. The number of hydrogen-bond acceptors (Lipinski definition) is 4. The van der Waals surface area contributed by atoms with E-state index in [9.17, 15) is 13.2 Å². The molecule has 3 aromatic carbocycles. The first-order valence-corrected chi connectivity index (χ1v) is 11.8. The summed E-state index contributed by atoms with van der Waals surface area (Å²) < 4.78 is 30.0. The van der Waals surface area contributed by atoms with Gasteiger partial charge in [0.1, 0.15) is 0 Å². The van der Waals surface area contributed by atoms with Crippen molar-refractivity contribution in [1.82, 2.24) is 14.3 Å². The Balaban J connectivity index is 1.35. The predicted octanol–water partition coefficient (Wildman–Crippen LogP) is 4.03. The SMILES string of the molecule is CC(=O)Nc1ccc(-c2ccc(S(=O)(=O)NCCCn3cnc4ccccc43)cc2)cc1. The van der Waals surface area contributed by atoms with Crippen molar-refractivity contribution in [1.29, 1.82) is 0 Å². The lowest BCUT2D eigenvalue weighted by Crippen LogP contribution is -2.25. The number of carbonyl (C=O) groups is 1. The maximum absolute atomic E-state index is 12.6. The number of aromatic nitrogens is 2. The molecule has 0 saturated heterocycles. The lowest BCUT2D eigenvalue weighted by molar-refractivity contribution is -0.114. The van der Waals surface area contributed by atoms with Gasteiger partial charge in [-0.2, -0.15) is 0 Å². The standard InChI is InChI=1S/C24H24N4O3S/c1-18(29)27-21-11-7-19(8-12-21)20-9-13-22(14-10-20)32(30,31)26-15-4-16-28-17-25-23-5-2-3-6-24(23)28/h2-3,5-14,17,26H,4,15-16H2,1H3,(H,27,29). The average Bonchev–Trinajstić information content (AvgIpc) is 3.20. The number of sulfonamides is 1. The Morgan fingerprint density at radius 1 is 0.938 bits per heavy atom. The number of benzene rings is 3. The zero-order valence-electron chi connectivity index (χ0n) is 17.7. The van der Waals surface area contributed by atoms with Crippen LogP contribution in [0, 0.1) is 0 Å². The molecule has 0 fully saturated rings. The first kappa shape index (κ1) is 21.7. The summed E-state index contributed by atoms with van der Waals surface area (Å²) in [6, 6.07) is 22.0. The smallest absolute Gasteiger partial charge is 0.240 e. The van der Waals surface area contributed by atoms with Crippen LogP contribution in [-0.4, -0.2) is 30.4 Å². The number of anilines is 1. The summed E-state index contributed by atoms with van der Waals surface area (Å²) in [6.07, 6.45) is 2.43. The molecule has 0 aliphatic rings. The van der Waals surface area contributed by atoms with Crippen molar-refractivity contribution in [2.75, 3.05) is 11.9 Å². The molecule has 0 saturated carbocycles. The number of para-hydroxylation sites is 2. The number of fused-ring (bicyclic) bond motifs is 1. The minimum atomic E-state index is -3.59. The Morgan fingerprint density at radius 3 is 2.28 bits per heavy atom. The first-order chi connectivity index (χ1) is 15.4. The van der Waals surface area contributed by atoms with E-state index in [4.69, 9.17) is 0 Å². The van der Waals surface area contributed by atoms with Crippen molar-refractivity contribution >= 4 is 32.7 Å². The molecular formula is C24H24N4O3S. The first-order valence-electron chi connectivity index (χ1n) is 10.3. The second kappa shape index (κ2) is 9.33. The zero-order valence-corrected chi connectivity index (χ0v) is 18.5. The highest BCUT2D eigenvalue weighted by molar-refractivity contribution is 7.89. The summed E-state index contributed by atoms with van der Waals surface area (Å²) >= 11 is 0. The molecule has 8 heteroatoms. The van der Waals surface area contributed by atoms with Crippen LogP contribution in [0.25, 0.3) is 22.2 Å². The summed E-state index contributed by atoms with van der Waals surface area (Å²) in [5.41, 5.74) is 4.51. The fourth-order valence-electron chi connectivity index (χ4n) is 3.50. The average molecular weight is 449 g/mol. The monoisotopic (exact) mass is 448 g/mol. The number of nitrogens with one attached hydrogen (secondary N) is 2. The lowest BCUT2D eigenvalue weighted by Gasteiger charge is -2.09. The largest absolute Gasteiger partial charge is 0.331 e. The van der Waals surface area contributed by atoms with Crippen molar-refractivity contribution < 1.29 is 13.2 Å². The molecular weight excluding hydrogens is 424 g/mol. The Hall–Kier alpha value is -3.49. The highest BCUT2D eigenvalue weighted by atomic mass is 32.2. The molecule has 32 heavy (non-hydrogen) atoms. The van der Waals surface area contributed by atoms with Gasteiger partial charge in [0.25, 0.3) is 0 Å². The van der Waals surface area contributed by atoms with E-state index in [1.807, 2.05) is 53.1 Å². The van der Waals surface area contributed by atoms with Gasteiger partial charge in [-0.15, -0.1) is 0 Å². The molecule has 0 unspecified atom stereocenters. The number of hydrogen-bond donors (Lipinski definition) is 2. The van der Waals surface area contributed by atoms with Gasteiger partial charge in [-0.25, -0.2) is 18.1 Å². The van der Waals surface area contributed by atoms with Crippen molar-refractivity contribution in [2.24, 2.45) is 0 Å². The van der Waals surface area contributed by atoms with E-state index >= 15 is 0 Å². The van der Waals surface area contributed by atoms with E-state index in [0.29, 0.717) is 25.2 Å². The Kier molecular flexibility index (Phi) is 6.34. The zero-order chi connectivity index (χ0) is 22.6. The lowest BCUT2D eigenvalue weighted by atomic mass is 10.1. The van der Waals surface area contributed by atoms with Gasteiger partial charge < -0.3 is 9.88 Å². The van der Waals surface area contributed by atoms with Gasteiger partial charge in [0.15, 0.2) is 0 Å². The molecule has 0 bridgehead atoms. The fourth-order valence-corrected chi connectivity index (χ4v) is 4.58. The van der Waals surface area contributed by atoms with Crippen molar-refractivity contribution in [3.63, 3.8) is 0 Å². The van der Waals surface area contributed by atoms with Gasteiger partial charge in [0, 0.05) is 25.7 Å². The third-order valence-corrected chi connectivity index (χ3v) is 6.58. The molecule has 164 valence electrons. The second-order valence-corrected chi connectivity index (χ2v) is 9.23. The highest BCUT2D eigenvalue weighted by Crippen LogP contribution is 2.23. The van der Waals surface area contributed by atoms with E-state index in [-0.39, 0.29) is 10.8 Å².